The van der Waals surface area contributed by atoms with Crippen LogP contribution in [0.1, 0.15) is 56.1 Å². The van der Waals surface area contributed by atoms with E-state index in [4.69, 9.17) is 9.47 Å². The molecule has 2 aliphatic rings. The van der Waals surface area contributed by atoms with Crippen LogP contribution in [-0.2, 0) is 14.3 Å². The van der Waals surface area contributed by atoms with Crippen molar-refractivity contribution in [1.82, 2.24) is 5.32 Å². The molecule has 0 aromatic heterocycles. The topological polar surface area (TPSA) is 64.6 Å². The highest BCUT2D eigenvalue weighted by atomic mass is 16.5. The molecule has 0 saturated heterocycles. The van der Waals surface area contributed by atoms with Gasteiger partial charge in [-0.2, -0.15) is 0 Å². The Morgan fingerprint density at radius 3 is 2.50 bits per heavy atom. The van der Waals surface area contributed by atoms with E-state index in [0.717, 1.165) is 23.2 Å². The zero-order valence-electron chi connectivity index (χ0n) is 18.8. The molecule has 2 atom stereocenters. The number of methoxy groups -OCH3 is 1. The molecule has 1 N–H and O–H groups in total. The minimum atomic E-state index is -0.518. The second-order valence-corrected chi connectivity index (χ2v) is 8.31. The lowest BCUT2D eigenvalue weighted by atomic mass is 9.71. The monoisotopic (exact) mass is 431 g/mol. The summed E-state index contributed by atoms with van der Waals surface area (Å²) in [7, 11) is 1.37. The van der Waals surface area contributed by atoms with Crippen molar-refractivity contribution in [1.29, 1.82) is 0 Å². The van der Waals surface area contributed by atoms with E-state index in [2.05, 4.69) is 17.4 Å². The largest absolute Gasteiger partial charge is 0.493 e. The van der Waals surface area contributed by atoms with Crippen molar-refractivity contribution in [2.45, 2.75) is 44.9 Å². The number of esters is 1. The van der Waals surface area contributed by atoms with Crippen LogP contribution < -0.4 is 10.1 Å². The molecule has 2 aromatic carbocycles. The average molecular weight is 432 g/mol. The number of ether oxygens (including phenoxy) is 2. The quantitative estimate of drug-likeness (QED) is 0.652. The van der Waals surface area contributed by atoms with Crippen LogP contribution in [0, 0.1) is 0 Å². The van der Waals surface area contributed by atoms with Crippen LogP contribution in [0.25, 0.3) is 0 Å². The number of carbonyl (C=O) groups excluding carboxylic acids is 2. The zero-order chi connectivity index (χ0) is 22.7. The molecule has 0 amide bonds. The minimum absolute atomic E-state index is 0.0526. The Balaban J connectivity index is 1.83. The normalized spacial score (nSPS) is 20.5. The first kappa shape index (κ1) is 21.9. The van der Waals surface area contributed by atoms with Gasteiger partial charge in [0.25, 0.3) is 0 Å². The standard InChI is InChI=1S/C27H29NO4/c1-4-14-32-23-13-9-8-12-20(23)25-24(27(30)31-3)17(2)28-21-15-19(16-22(29)26(21)25)18-10-6-5-7-11-18/h5-13,19,25,28H,4,14-16H2,1-3H3/t19-,25-/m0/s1. The van der Waals surface area contributed by atoms with E-state index in [0.29, 0.717) is 42.0 Å². The molecule has 5 nitrogen and oxygen atoms in total. The molecule has 1 heterocycles. The third-order valence-corrected chi connectivity index (χ3v) is 6.20. The van der Waals surface area contributed by atoms with Crippen molar-refractivity contribution >= 4 is 11.8 Å². The van der Waals surface area contributed by atoms with Gasteiger partial charge in [0, 0.05) is 29.0 Å². The SMILES string of the molecule is CCCOc1ccccc1[C@H]1C(C(=O)OC)=C(C)NC2=C1C(=O)C[C@@H](c1ccccc1)C2. The molecule has 166 valence electrons. The van der Waals surface area contributed by atoms with E-state index in [1.165, 1.54) is 7.11 Å². The van der Waals surface area contributed by atoms with Gasteiger partial charge < -0.3 is 14.8 Å². The first-order chi connectivity index (χ1) is 15.5. The molecular formula is C27H29NO4. The molecule has 0 saturated carbocycles. The maximum absolute atomic E-state index is 13.6. The number of Topliss-reactive ketones (excluding diaryl/α,β-unsaturated/α-hetero) is 1. The van der Waals surface area contributed by atoms with Crippen molar-refractivity contribution < 1.29 is 19.1 Å². The first-order valence-electron chi connectivity index (χ1n) is 11.1. The lowest BCUT2D eigenvalue weighted by Gasteiger charge is -2.37. The molecule has 0 bridgehead atoms. The van der Waals surface area contributed by atoms with Gasteiger partial charge in [-0.25, -0.2) is 4.79 Å². The molecular weight excluding hydrogens is 402 g/mol. The van der Waals surface area contributed by atoms with Gasteiger partial charge in [0.2, 0.25) is 0 Å². The van der Waals surface area contributed by atoms with Crippen molar-refractivity contribution in [3.63, 3.8) is 0 Å². The van der Waals surface area contributed by atoms with Crippen molar-refractivity contribution in [3.8, 4) is 5.75 Å². The highest BCUT2D eigenvalue weighted by Gasteiger charge is 2.42. The number of hydrogen-bond donors (Lipinski definition) is 1. The lowest BCUT2D eigenvalue weighted by molar-refractivity contribution is -0.136. The molecule has 0 radical (unpaired) electrons. The van der Waals surface area contributed by atoms with Crippen molar-refractivity contribution in [2.75, 3.05) is 13.7 Å². The first-order valence-corrected chi connectivity index (χ1v) is 11.1. The second kappa shape index (κ2) is 9.43. The highest BCUT2D eigenvalue weighted by molar-refractivity contribution is 6.04. The number of ketones is 1. The zero-order valence-corrected chi connectivity index (χ0v) is 18.8. The maximum Gasteiger partial charge on any atom is 0.336 e. The van der Waals surface area contributed by atoms with E-state index < -0.39 is 11.9 Å². The molecule has 5 heteroatoms. The van der Waals surface area contributed by atoms with Gasteiger partial charge in [-0.15, -0.1) is 0 Å². The molecule has 1 aliphatic carbocycles. The third kappa shape index (κ3) is 4.07. The van der Waals surface area contributed by atoms with Gasteiger partial charge in [0.1, 0.15) is 5.75 Å². The number of dihydropyridines is 1. The van der Waals surface area contributed by atoms with Crippen LogP contribution in [0.15, 0.2) is 77.1 Å². The third-order valence-electron chi connectivity index (χ3n) is 6.20. The van der Waals surface area contributed by atoms with Gasteiger partial charge in [-0.3, -0.25) is 4.79 Å². The number of carbonyl (C=O) groups is 2. The minimum Gasteiger partial charge on any atom is -0.493 e. The molecule has 4 rings (SSSR count). The number of benzene rings is 2. The molecule has 2 aromatic rings. The van der Waals surface area contributed by atoms with E-state index >= 15 is 0 Å². The van der Waals surface area contributed by atoms with Crippen LogP contribution >= 0.6 is 0 Å². The van der Waals surface area contributed by atoms with Crippen LogP contribution in [-0.4, -0.2) is 25.5 Å². The van der Waals surface area contributed by atoms with Gasteiger partial charge in [0.15, 0.2) is 5.78 Å². The fraction of sp³-hybridized carbons (Fsp3) is 0.333. The molecule has 1 aliphatic heterocycles. The van der Waals surface area contributed by atoms with E-state index in [1.807, 2.05) is 56.3 Å². The summed E-state index contributed by atoms with van der Waals surface area (Å²) in [4.78, 5) is 26.4. The van der Waals surface area contributed by atoms with Crippen LogP contribution in [0.2, 0.25) is 0 Å². The molecule has 0 spiro atoms. The van der Waals surface area contributed by atoms with Crippen LogP contribution in [0.5, 0.6) is 5.75 Å². The van der Waals surface area contributed by atoms with Gasteiger partial charge in [0.05, 0.1) is 25.2 Å². The molecule has 32 heavy (non-hydrogen) atoms. The van der Waals surface area contributed by atoms with E-state index in [9.17, 15) is 9.59 Å². The Morgan fingerprint density at radius 1 is 1.06 bits per heavy atom. The van der Waals surface area contributed by atoms with Crippen molar-refractivity contribution in [2.24, 2.45) is 0 Å². The van der Waals surface area contributed by atoms with Gasteiger partial charge in [-0.1, -0.05) is 55.5 Å². The van der Waals surface area contributed by atoms with Crippen LogP contribution in [0.4, 0.5) is 0 Å². The Bertz CT molecular complexity index is 1080. The lowest BCUT2D eigenvalue weighted by Crippen LogP contribution is -2.36. The Kier molecular flexibility index (Phi) is 6.45. The fourth-order valence-corrected chi connectivity index (χ4v) is 4.75. The Labute approximate surface area is 189 Å². The Morgan fingerprint density at radius 2 is 1.78 bits per heavy atom. The summed E-state index contributed by atoms with van der Waals surface area (Å²) in [5, 5.41) is 3.37. The number of para-hydroxylation sites is 1. The summed E-state index contributed by atoms with van der Waals surface area (Å²) in [5.74, 6) is -0.0995. The molecule has 0 fully saturated rings. The Hall–Kier alpha value is -3.34. The fourth-order valence-electron chi connectivity index (χ4n) is 4.75. The predicted octanol–water partition coefficient (Wildman–Crippen LogP) is 5.01. The maximum atomic E-state index is 13.6. The van der Waals surface area contributed by atoms with Crippen LogP contribution in [0.3, 0.4) is 0 Å². The van der Waals surface area contributed by atoms with Gasteiger partial charge in [-0.05, 0) is 37.3 Å². The van der Waals surface area contributed by atoms with Crippen molar-refractivity contribution in [3.05, 3.63) is 88.3 Å². The highest BCUT2D eigenvalue weighted by Crippen LogP contribution is 2.47. The summed E-state index contributed by atoms with van der Waals surface area (Å²) in [6.07, 6.45) is 1.99. The van der Waals surface area contributed by atoms with E-state index in [1.54, 1.807) is 0 Å². The summed E-state index contributed by atoms with van der Waals surface area (Å²) >= 11 is 0. The number of rotatable bonds is 6. The van der Waals surface area contributed by atoms with E-state index in [-0.39, 0.29) is 11.7 Å². The summed E-state index contributed by atoms with van der Waals surface area (Å²) in [5.41, 5.74) is 4.68. The number of hydrogen-bond acceptors (Lipinski definition) is 5. The van der Waals surface area contributed by atoms with Gasteiger partial charge >= 0.3 is 5.97 Å². The number of allylic oxidation sites excluding steroid dienone is 3. The predicted molar refractivity (Wildman–Crippen MR) is 123 cm³/mol. The summed E-state index contributed by atoms with van der Waals surface area (Å²) in [6, 6.07) is 17.8. The number of nitrogens with one attached hydrogen (secondary N) is 1. The summed E-state index contributed by atoms with van der Waals surface area (Å²) in [6.45, 7) is 4.48. The average Bonchev–Trinajstić information content (AvgIpc) is 2.82. The second-order valence-electron chi connectivity index (χ2n) is 8.31. The smallest absolute Gasteiger partial charge is 0.336 e. The summed E-state index contributed by atoms with van der Waals surface area (Å²) < 4.78 is 11.1. The molecule has 0 unspecified atom stereocenters.